The van der Waals surface area contributed by atoms with Crippen LogP contribution in [0, 0.1) is 24.0 Å². The number of carbonyl (C=O) groups is 1. The van der Waals surface area contributed by atoms with Crippen molar-refractivity contribution in [1.82, 2.24) is 4.31 Å². The number of quaternary nitrogens is 1. The number of nitro groups is 1. The number of aryl methyl sites for hydroxylation is 2. The summed E-state index contributed by atoms with van der Waals surface area (Å²) in [5.74, 6) is -0.263. The average Bonchev–Trinajstić information content (AvgIpc) is 2.75. The van der Waals surface area contributed by atoms with E-state index in [1.807, 2.05) is 19.9 Å². The number of nitrogens with zero attached hydrogens (tertiary/aromatic N) is 2. The molecule has 0 saturated carbocycles. The summed E-state index contributed by atoms with van der Waals surface area (Å²) >= 11 is 0. The number of non-ortho nitro benzene ring substituents is 1. The van der Waals surface area contributed by atoms with Crippen molar-refractivity contribution in [3.8, 4) is 0 Å². The molecule has 0 spiro atoms. The molecular weight excluding hydrogens is 420 g/mol. The summed E-state index contributed by atoms with van der Waals surface area (Å²) in [7, 11) is -3.58. The summed E-state index contributed by atoms with van der Waals surface area (Å²) in [4.78, 5) is 24.3. The molecule has 1 aliphatic rings. The largest absolute Gasteiger partial charge is 0.323 e. The molecule has 1 atom stereocenters. The Morgan fingerprint density at radius 3 is 2.42 bits per heavy atom. The Morgan fingerprint density at radius 1 is 1.13 bits per heavy atom. The fourth-order valence-electron chi connectivity index (χ4n) is 3.60. The number of sulfonamides is 1. The number of benzene rings is 2. The average molecular weight is 448 g/mol. The van der Waals surface area contributed by atoms with Crippen molar-refractivity contribution >= 4 is 27.3 Å². The lowest BCUT2D eigenvalue weighted by atomic mass is 10.1. The number of nitrogens with one attached hydrogen (secondary N) is 2. The van der Waals surface area contributed by atoms with Gasteiger partial charge >= 0.3 is 0 Å². The smallest absolute Gasteiger partial charge is 0.282 e. The van der Waals surface area contributed by atoms with Crippen LogP contribution in [-0.4, -0.2) is 55.8 Å². The molecule has 1 heterocycles. The van der Waals surface area contributed by atoms with Crippen LogP contribution < -0.4 is 10.2 Å². The Kier molecular flexibility index (Phi) is 6.73. The zero-order chi connectivity index (χ0) is 22.8. The molecule has 2 aromatic carbocycles. The van der Waals surface area contributed by atoms with Crippen LogP contribution in [-0.2, 0) is 14.8 Å². The SMILES string of the molecule is Cc1ccc(S(=O)(=O)N2CC[NH+]([C@@H](C)C(=O)Nc3cccc([N+](=O)[O-])c3)CC2)cc1C. The Hall–Kier alpha value is -2.82. The third-order valence-electron chi connectivity index (χ3n) is 5.81. The van der Waals surface area contributed by atoms with Crippen LogP contribution in [0.5, 0.6) is 0 Å². The lowest BCUT2D eigenvalue weighted by molar-refractivity contribution is -0.917. The molecule has 3 rings (SSSR count). The van der Waals surface area contributed by atoms with Gasteiger partial charge in [0.25, 0.3) is 11.6 Å². The van der Waals surface area contributed by atoms with Gasteiger partial charge in [-0.1, -0.05) is 12.1 Å². The standard InChI is InChI=1S/C21H26N4O5S/c1-15-7-8-20(13-16(15)2)31(29,30)24-11-9-23(10-12-24)17(3)21(26)22-18-5-4-6-19(14-18)25(27)28/h4-8,13-14,17H,9-12H2,1-3H3,(H,22,26)/p+1/t17-/m0/s1. The molecule has 1 fully saturated rings. The minimum absolute atomic E-state index is 0.0945. The van der Waals surface area contributed by atoms with E-state index in [-0.39, 0.29) is 16.5 Å². The molecule has 1 amide bonds. The van der Waals surface area contributed by atoms with E-state index < -0.39 is 21.0 Å². The molecule has 0 radical (unpaired) electrons. The van der Waals surface area contributed by atoms with Crippen LogP contribution in [0.25, 0.3) is 0 Å². The van der Waals surface area contributed by atoms with E-state index in [0.29, 0.717) is 31.9 Å². The van der Waals surface area contributed by atoms with Gasteiger partial charge in [-0.3, -0.25) is 14.9 Å². The number of nitro benzene ring substituents is 1. The highest BCUT2D eigenvalue weighted by molar-refractivity contribution is 7.89. The number of piperazine rings is 1. The normalized spacial score (nSPS) is 16.6. The zero-order valence-electron chi connectivity index (χ0n) is 17.8. The van der Waals surface area contributed by atoms with Crippen molar-refractivity contribution in [2.45, 2.75) is 31.7 Å². The molecule has 31 heavy (non-hydrogen) atoms. The van der Waals surface area contributed by atoms with Crippen molar-refractivity contribution in [2.24, 2.45) is 0 Å². The van der Waals surface area contributed by atoms with Crippen LogP contribution in [0.15, 0.2) is 47.4 Å². The van der Waals surface area contributed by atoms with Gasteiger partial charge in [-0.15, -0.1) is 0 Å². The molecular formula is C21H27N4O5S+. The summed E-state index contributed by atoms with van der Waals surface area (Å²) in [5.41, 5.74) is 2.23. The van der Waals surface area contributed by atoms with Crippen LogP contribution in [0.4, 0.5) is 11.4 Å². The molecule has 1 aliphatic heterocycles. The number of amides is 1. The molecule has 166 valence electrons. The molecule has 1 saturated heterocycles. The van der Waals surface area contributed by atoms with E-state index in [9.17, 15) is 23.3 Å². The van der Waals surface area contributed by atoms with E-state index in [2.05, 4.69) is 5.32 Å². The third kappa shape index (κ3) is 5.09. The van der Waals surface area contributed by atoms with E-state index in [0.717, 1.165) is 16.0 Å². The van der Waals surface area contributed by atoms with Gasteiger partial charge in [0.1, 0.15) is 0 Å². The summed E-state index contributed by atoms with van der Waals surface area (Å²) in [6.45, 7) is 7.22. The second-order valence-corrected chi connectivity index (χ2v) is 9.76. The van der Waals surface area contributed by atoms with Crippen molar-refractivity contribution < 1.29 is 23.0 Å². The molecule has 0 aliphatic carbocycles. The molecule has 0 unspecified atom stereocenters. The lowest BCUT2D eigenvalue weighted by Crippen LogP contribution is -3.19. The van der Waals surface area contributed by atoms with E-state index in [1.54, 1.807) is 25.1 Å². The Balaban J connectivity index is 1.62. The van der Waals surface area contributed by atoms with Crippen molar-refractivity contribution in [3.05, 3.63) is 63.7 Å². The Bertz CT molecular complexity index is 1090. The van der Waals surface area contributed by atoms with Crippen LogP contribution in [0.3, 0.4) is 0 Å². The van der Waals surface area contributed by atoms with Crippen LogP contribution >= 0.6 is 0 Å². The predicted molar refractivity (Wildman–Crippen MR) is 117 cm³/mol. The monoisotopic (exact) mass is 447 g/mol. The number of hydrogen-bond acceptors (Lipinski definition) is 5. The fourth-order valence-corrected chi connectivity index (χ4v) is 5.13. The van der Waals surface area contributed by atoms with E-state index in [4.69, 9.17) is 0 Å². The second kappa shape index (κ2) is 9.13. The molecule has 2 aromatic rings. The van der Waals surface area contributed by atoms with E-state index in [1.165, 1.54) is 22.5 Å². The first-order chi connectivity index (χ1) is 14.6. The van der Waals surface area contributed by atoms with Gasteiger partial charge in [0.2, 0.25) is 10.0 Å². The summed E-state index contributed by atoms with van der Waals surface area (Å²) < 4.78 is 27.4. The third-order valence-corrected chi connectivity index (χ3v) is 7.71. The van der Waals surface area contributed by atoms with Gasteiger partial charge < -0.3 is 10.2 Å². The van der Waals surface area contributed by atoms with Gasteiger partial charge in [0.15, 0.2) is 6.04 Å². The van der Waals surface area contributed by atoms with Crippen LogP contribution in [0.1, 0.15) is 18.1 Å². The van der Waals surface area contributed by atoms with Crippen molar-refractivity contribution in [2.75, 3.05) is 31.5 Å². The number of hydrogen-bond donors (Lipinski definition) is 2. The van der Waals surface area contributed by atoms with Crippen molar-refractivity contribution in [3.63, 3.8) is 0 Å². The van der Waals surface area contributed by atoms with Gasteiger partial charge in [-0.25, -0.2) is 8.42 Å². The maximum Gasteiger partial charge on any atom is 0.282 e. The van der Waals surface area contributed by atoms with Crippen molar-refractivity contribution in [1.29, 1.82) is 0 Å². The Morgan fingerprint density at radius 2 is 1.81 bits per heavy atom. The summed E-state index contributed by atoms with van der Waals surface area (Å²) in [5, 5.41) is 13.6. The highest BCUT2D eigenvalue weighted by atomic mass is 32.2. The lowest BCUT2D eigenvalue weighted by Gasteiger charge is -2.34. The van der Waals surface area contributed by atoms with E-state index >= 15 is 0 Å². The number of rotatable bonds is 6. The summed E-state index contributed by atoms with van der Waals surface area (Å²) in [6.07, 6.45) is 0. The quantitative estimate of drug-likeness (QED) is 0.509. The Labute approximate surface area is 181 Å². The molecule has 2 N–H and O–H groups in total. The van der Waals surface area contributed by atoms with Crippen LogP contribution in [0.2, 0.25) is 0 Å². The second-order valence-electron chi connectivity index (χ2n) is 7.83. The maximum atomic E-state index is 13.0. The van der Waals surface area contributed by atoms with Gasteiger partial charge in [0.05, 0.1) is 36.0 Å². The van der Waals surface area contributed by atoms with Gasteiger partial charge in [-0.2, -0.15) is 4.31 Å². The molecule has 9 nitrogen and oxygen atoms in total. The first-order valence-corrected chi connectivity index (χ1v) is 11.5. The minimum atomic E-state index is -3.58. The summed E-state index contributed by atoms with van der Waals surface area (Å²) in [6, 6.07) is 10.5. The number of anilines is 1. The first kappa shape index (κ1) is 22.9. The molecule has 0 aromatic heterocycles. The first-order valence-electron chi connectivity index (χ1n) is 10.1. The molecule has 10 heteroatoms. The fraction of sp³-hybridized carbons (Fsp3) is 0.381. The van der Waals surface area contributed by atoms with Gasteiger partial charge in [-0.05, 0) is 50.1 Å². The topological polar surface area (TPSA) is 114 Å². The minimum Gasteiger partial charge on any atom is -0.323 e. The maximum absolute atomic E-state index is 13.0. The highest BCUT2D eigenvalue weighted by Crippen LogP contribution is 2.19. The van der Waals surface area contributed by atoms with Gasteiger partial charge in [0, 0.05) is 17.8 Å². The highest BCUT2D eigenvalue weighted by Gasteiger charge is 2.34. The zero-order valence-corrected chi connectivity index (χ0v) is 18.6. The number of carbonyl (C=O) groups excluding carboxylic acids is 1. The predicted octanol–water partition coefficient (Wildman–Crippen LogP) is 1.13. The molecule has 0 bridgehead atoms.